The molecular weight excluding hydrogens is 438 g/mol. The highest BCUT2D eigenvalue weighted by Gasteiger charge is 2.19. The molecule has 6 nitrogen and oxygen atoms in total. The van der Waals surface area contributed by atoms with Gasteiger partial charge in [-0.3, -0.25) is 9.36 Å². The minimum Gasteiger partial charge on any atom is -0.287 e. The average Bonchev–Trinajstić information content (AvgIpc) is 2.99. The van der Waals surface area contributed by atoms with E-state index in [-0.39, 0.29) is 10.5 Å². The Morgan fingerprint density at radius 1 is 1.23 bits per heavy atom. The predicted octanol–water partition coefficient (Wildman–Crippen LogP) is 4.42. The van der Waals surface area contributed by atoms with E-state index in [1.165, 1.54) is 30.2 Å². The molecule has 0 aliphatic heterocycles. The SMILES string of the molecule is CCCCn1c(SCc2cccc(S(=O)(=O)N(C)C)c2)nc2sc(C)c(C)c2c1=O. The Hall–Kier alpha value is -1.68. The molecule has 3 aromatic rings. The van der Waals surface area contributed by atoms with Crippen LogP contribution in [-0.2, 0) is 22.3 Å². The zero-order valence-electron chi connectivity index (χ0n) is 17.9. The van der Waals surface area contributed by atoms with Gasteiger partial charge in [0, 0.05) is 31.3 Å². The second-order valence-corrected chi connectivity index (χ2v) is 11.7. The minimum atomic E-state index is -3.49. The molecule has 0 fully saturated rings. The first-order chi connectivity index (χ1) is 14.2. The van der Waals surface area contributed by atoms with Gasteiger partial charge in [0.2, 0.25) is 10.0 Å². The number of aryl methyl sites for hydroxylation is 2. The molecule has 1 aromatic carbocycles. The fourth-order valence-corrected chi connectivity index (χ4v) is 6.10. The molecule has 0 aliphatic carbocycles. The number of thiophene rings is 1. The quantitative estimate of drug-likeness (QED) is 0.364. The molecule has 2 heterocycles. The van der Waals surface area contributed by atoms with Crippen LogP contribution in [0.15, 0.2) is 39.1 Å². The molecule has 0 saturated carbocycles. The van der Waals surface area contributed by atoms with Gasteiger partial charge in [-0.05, 0) is 43.5 Å². The van der Waals surface area contributed by atoms with Crippen LogP contribution in [0.25, 0.3) is 10.2 Å². The smallest absolute Gasteiger partial charge is 0.263 e. The molecule has 9 heteroatoms. The lowest BCUT2D eigenvalue weighted by Gasteiger charge is -2.13. The van der Waals surface area contributed by atoms with Crippen molar-refractivity contribution in [3.63, 3.8) is 0 Å². The first-order valence-corrected chi connectivity index (χ1v) is 13.1. The molecular formula is C21H27N3O3S3. The number of unbranched alkanes of at least 4 members (excludes halogenated alkanes) is 1. The van der Waals surface area contributed by atoms with Gasteiger partial charge in [0.1, 0.15) is 4.83 Å². The van der Waals surface area contributed by atoms with E-state index in [1.807, 2.05) is 19.9 Å². The van der Waals surface area contributed by atoms with Crippen LogP contribution < -0.4 is 5.56 Å². The van der Waals surface area contributed by atoms with Crippen molar-refractivity contribution in [3.05, 3.63) is 50.6 Å². The number of fused-ring (bicyclic) bond motifs is 1. The number of thioether (sulfide) groups is 1. The summed E-state index contributed by atoms with van der Waals surface area (Å²) in [5.74, 6) is 0.532. The maximum Gasteiger partial charge on any atom is 0.263 e. The lowest BCUT2D eigenvalue weighted by molar-refractivity contribution is 0.520. The van der Waals surface area contributed by atoms with Crippen molar-refractivity contribution in [2.24, 2.45) is 0 Å². The summed E-state index contributed by atoms with van der Waals surface area (Å²) in [4.78, 5) is 20.1. The largest absolute Gasteiger partial charge is 0.287 e. The van der Waals surface area contributed by atoms with Crippen molar-refractivity contribution >= 4 is 43.3 Å². The van der Waals surface area contributed by atoms with Crippen LogP contribution in [0.2, 0.25) is 0 Å². The molecule has 3 rings (SSSR count). The Kier molecular flexibility index (Phi) is 7.06. The number of hydrogen-bond acceptors (Lipinski definition) is 6. The van der Waals surface area contributed by atoms with Gasteiger partial charge in [0.05, 0.1) is 10.3 Å². The third kappa shape index (κ3) is 4.49. The summed E-state index contributed by atoms with van der Waals surface area (Å²) >= 11 is 3.02. The van der Waals surface area contributed by atoms with Gasteiger partial charge in [-0.1, -0.05) is 37.2 Å². The maximum absolute atomic E-state index is 13.2. The van der Waals surface area contributed by atoms with E-state index in [9.17, 15) is 13.2 Å². The second-order valence-electron chi connectivity index (χ2n) is 7.39. The number of nitrogens with zero attached hydrogens (tertiary/aromatic N) is 3. The molecule has 30 heavy (non-hydrogen) atoms. The predicted molar refractivity (Wildman–Crippen MR) is 125 cm³/mol. The second kappa shape index (κ2) is 9.21. The van der Waals surface area contributed by atoms with Gasteiger partial charge < -0.3 is 0 Å². The van der Waals surface area contributed by atoms with Crippen LogP contribution in [0, 0.1) is 13.8 Å². The van der Waals surface area contributed by atoms with Crippen LogP contribution >= 0.6 is 23.1 Å². The topological polar surface area (TPSA) is 72.3 Å². The third-order valence-electron chi connectivity index (χ3n) is 5.03. The summed E-state index contributed by atoms with van der Waals surface area (Å²) in [7, 11) is -0.443. The molecule has 0 unspecified atom stereocenters. The Labute approximate surface area is 186 Å². The van der Waals surface area contributed by atoms with E-state index in [0.29, 0.717) is 17.5 Å². The van der Waals surface area contributed by atoms with Gasteiger partial charge in [-0.25, -0.2) is 17.7 Å². The first kappa shape index (κ1) is 23.0. The lowest BCUT2D eigenvalue weighted by Crippen LogP contribution is -2.23. The van der Waals surface area contributed by atoms with Gasteiger partial charge in [0.25, 0.3) is 5.56 Å². The Morgan fingerprint density at radius 2 is 1.97 bits per heavy atom. The van der Waals surface area contributed by atoms with Crippen LogP contribution in [0.1, 0.15) is 35.8 Å². The van der Waals surface area contributed by atoms with Crippen LogP contribution in [0.5, 0.6) is 0 Å². The summed E-state index contributed by atoms with van der Waals surface area (Å²) in [6, 6.07) is 6.93. The molecule has 0 amide bonds. The molecule has 2 aromatic heterocycles. The zero-order chi connectivity index (χ0) is 22.1. The molecule has 162 valence electrons. The van der Waals surface area contributed by atoms with E-state index in [4.69, 9.17) is 4.98 Å². The summed E-state index contributed by atoms with van der Waals surface area (Å²) < 4.78 is 27.8. The number of hydrogen-bond donors (Lipinski definition) is 0. The summed E-state index contributed by atoms with van der Waals surface area (Å²) in [5.41, 5.74) is 1.90. The van der Waals surface area contributed by atoms with E-state index < -0.39 is 10.0 Å². The van der Waals surface area contributed by atoms with Crippen molar-refractivity contribution in [3.8, 4) is 0 Å². The standard InChI is InChI=1S/C21H27N3O3S3/c1-6-7-11-24-20(25)18-14(2)15(3)29-19(18)22-21(24)28-13-16-9-8-10-17(12-16)30(26,27)23(4)5/h8-10,12H,6-7,11,13H2,1-5H3. The third-order valence-corrected chi connectivity index (χ3v) is 8.99. The van der Waals surface area contributed by atoms with E-state index in [2.05, 4.69) is 6.92 Å². The summed E-state index contributed by atoms with van der Waals surface area (Å²) in [6.45, 7) is 6.72. The molecule has 0 saturated heterocycles. The van der Waals surface area contributed by atoms with E-state index in [0.717, 1.165) is 39.1 Å². The lowest BCUT2D eigenvalue weighted by atomic mass is 10.2. The van der Waals surface area contributed by atoms with E-state index in [1.54, 1.807) is 34.1 Å². The molecule has 0 atom stereocenters. The summed E-state index contributed by atoms with van der Waals surface area (Å²) in [6.07, 6.45) is 1.89. The van der Waals surface area contributed by atoms with Crippen LogP contribution in [-0.4, -0.2) is 36.4 Å². The highest BCUT2D eigenvalue weighted by Crippen LogP contribution is 2.30. The van der Waals surface area contributed by atoms with Gasteiger partial charge in [0.15, 0.2) is 5.16 Å². The van der Waals surface area contributed by atoms with E-state index >= 15 is 0 Å². The maximum atomic E-state index is 13.2. The molecule has 0 N–H and O–H groups in total. The van der Waals surface area contributed by atoms with Crippen molar-refractivity contribution in [2.75, 3.05) is 14.1 Å². The fraction of sp³-hybridized carbons (Fsp3) is 0.429. The minimum absolute atomic E-state index is 0.0155. The average molecular weight is 466 g/mol. The normalized spacial score (nSPS) is 12.2. The van der Waals surface area contributed by atoms with Crippen LogP contribution in [0.4, 0.5) is 0 Å². The first-order valence-electron chi connectivity index (χ1n) is 9.81. The van der Waals surface area contributed by atoms with Gasteiger partial charge >= 0.3 is 0 Å². The highest BCUT2D eigenvalue weighted by atomic mass is 32.2. The number of benzene rings is 1. The summed E-state index contributed by atoms with van der Waals surface area (Å²) in [5, 5.41) is 1.40. The van der Waals surface area contributed by atoms with Gasteiger partial charge in [-0.15, -0.1) is 11.3 Å². The number of aromatic nitrogens is 2. The highest BCUT2D eigenvalue weighted by molar-refractivity contribution is 7.98. The van der Waals surface area contributed by atoms with Crippen molar-refractivity contribution in [2.45, 2.75) is 56.0 Å². The number of sulfonamides is 1. The van der Waals surface area contributed by atoms with Crippen LogP contribution in [0.3, 0.4) is 0 Å². The van der Waals surface area contributed by atoms with Gasteiger partial charge in [-0.2, -0.15) is 0 Å². The zero-order valence-corrected chi connectivity index (χ0v) is 20.4. The molecule has 0 spiro atoms. The Morgan fingerprint density at radius 3 is 2.63 bits per heavy atom. The number of rotatable bonds is 8. The van der Waals surface area contributed by atoms with Crippen molar-refractivity contribution in [1.82, 2.24) is 13.9 Å². The Bertz CT molecular complexity index is 1230. The van der Waals surface area contributed by atoms with Crippen molar-refractivity contribution in [1.29, 1.82) is 0 Å². The fourth-order valence-electron chi connectivity index (χ4n) is 3.09. The van der Waals surface area contributed by atoms with Crippen molar-refractivity contribution < 1.29 is 8.42 Å². The molecule has 0 bridgehead atoms. The molecule has 0 aliphatic rings. The Balaban J connectivity index is 1.97. The molecule has 0 radical (unpaired) electrons. The monoisotopic (exact) mass is 465 g/mol.